The molecule has 4 heteroatoms. The molecule has 0 saturated heterocycles. The summed E-state index contributed by atoms with van der Waals surface area (Å²) in [5, 5.41) is 0.341. The number of azide groups is 1. The maximum Gasteiger partial charge on any atom is 0.0127 e. The van der Waals surface area contributed by atoms with Crippen LogP contribution in [0.25, 0.3) is 10.4 Å². The molecule has 0 aliphatic rings. The van der Waals surface area contributed by atoms with Crippen LogP contribution < -0.4 is 0 Å². The number of rotatable bonds is 4. The van der Waals surface area contributed by atoms with Gasteiger partial charge in [0.1, 0.15) is 0 Å². The number of allylic oxidation sites excluding steroid dienone is 1. The van der Waals surface area contributed by atoms with E-state index in [9.17, 15) is 0 Å². The Morgan fingerprint density at radius 1 is 1.90 bits per heavy atom. The lowest BCUT2D eigenvalue weighted by Crippen LogP contribution is -1.93. The molecule has 0 fully saturated rings. The molecular formula is C6H11N3S. The predicted octanol–water partition coefficient (Wildman–Crippen LogP) is 3.30. The molecule has 3 nitrogen and oxygen atoms in total. The molecular weight excluding hydrogens is 146 g/mol. The fourth-order valence-corrected chi connectivity index (χ4v) is 1.19. The SMILES string of the molecule is C=C(C)CC(C)SN=[N+]=[N-]. The lowest BCUT2D eigenvalue weighted by atomic mass is 10.2. The van der Waals surface area contributed by atoms with E-state index < -0.39 is 0 Å². The molecule has 0 aromatic carbocycles. The summed E-state index contributed by atoms with van der Waals surface area (Å²) in [6.07, 6.45) is 0.906. The first kappa shape index (κ1) is 9.40. The smallest absolute Gasteiger partial charge is 0.0127 e. The van der Waals surface area contributed by atoms with Gasteiger partial charge in [-0.15, -0.1) is 6.58 Å². The normalized spacial score (nSPS) is 11.8. The van der Waals surface area contributed by atoms with E-state index in [-0.39, 0.29) is 0 Å². The van der Waals surface area contributed by atoms with Crippen molar-refractivity contribution in [2.75, 3.05) is 0 Å². The molecule has 0 aliphatic heterocycles. The molecule has 56 valence electrons. The van der Waals surface area contributed by atoms with Gasteiger partial charge in [-0.3, -0.25) is 0 Å². The highest BCUT2D eigenvalue weighted by Crippen LogP contribution is 2.18. The zero-order valence-electron chi connectivity index (χ0n) is 6.24. The van der Waals surface area contributed by atoms with E-state index in [1.807, 2.05) is 13.8 Å². The molecule has 0 amide bonds. The van der Waals surface area contributed by atoms with Crippen molar-refractivity contribution in [2.24, 2.45) is 4.52 Å². The Balaban J connectivity index is 3.52. The van der Waals surface area contributed by atoms with Crippen molar-refractivity contribution in [1.29, 1.82) is 0 Å². The standard InChI is InChI=1S/C6H11N3S/c1-5(2)4-6(3)10-9-8-7/h6H,1,4H2,2-3H3. The first-order valence-corrected chi connectivity index (χ1v) is 3.85. The van der Waals surface area contributed by atoms with Crippen molar-refractivity contribution in [2.45, 2.75) is 25.5 Å². The second-order valence-corrected chi connectivity index (χ2v) is 3.43. The lowest BCUT2D eigenvalue weighted by Gasteiger charge is -2.04. The molecule has 0 bridgehead atoms. The molecule has 0 spiro atoms. The van der Waals surface area contributed by atoms with Gasteiger partial charge in [-0.05, 0) is 23.4 Å². The number of nitrogens with zero attached hydrogens (tertiary/aromatic N) is 3. The van der Waals surface area contributed by atoms with Gasteiger partial charge in [0.05, 0.1) is 0 Å². The van der Waals surface area contributed by atoms with E-state index in [4.69, 9.17) is 5.53 Å². The highest BCUT2D eigenvalue weighted by molar-refractivity contribution is 7.98. The third kappa shape index (κ3) is 5.54. The first-order chi connectivity index (χ1) is 4.66. The summed E-state index contributed by atoms with van der Waals surface area (Å²) >= 11 is 1.25. The Bertz CT molecular complexity index is 156. The maximum atomic E-state index is 7.96. The molecule has 1 unspecified atom stereocenters. The van der Waals surface area contributed by atoms with E-state index in [1.165, 1.54) is 11.9 Å². The van der Waals surface area contributed by atoms with Gasteiger partial charge in [0.25, 0.3) is 0 Å². The fraction of sp³-hybridized carbons (Fsp3) is 0.667. The quantitative estimate of drug-likeness (QED) is 0.203. The van der Waals surface area contributed by atoms with E-state index in [0.29, 0.717) is 5.25 Å². The van der Waals surface area contributed by atoms with Gasteiger partial charge in [-0.25, -0.2) is 0 Å². The Morgan fingerprint density at radius 3 is 2.90 bits per heavy atom. The zero-order valence-corrected chi connectivity index (χ0v) is 7.06. The fourth-order valence-electron chi connectivity index (χ4n) is 0.630. The molecule has 10 heavy (non-hydrogen) atoms. The van der Waals surface area contributed by atoms with E-state index in [0.717, 1.165) is 12.0 Å². The minimum atomic E-state index is 0.341. The monoisotopic (exact) mass is 157 g/mol. The molecule has 1 atom stereocenters. The van der Waals surface area contributed by atoms with Crippen molar-refractivity contribution in [3.8, 4) is 0 Å². The average Bonchev–Trinajstić information content (AvgIpc) is 1.82. The second-order valence-electron chi connectivity index (χ2n) is 2.25. The summed E-state index contributed by atoms with van der Waals surface area (Å²) in [7, 11) is 0. The van der Waals surface area contributed by atoms with Gasteiger partial charge in [0.2, 0.25) is 0 Å². The molecule has 0 aliphatic carbocycles. The van der Waals surface area contributed by atoms with Gasteiger partial charge in [-0.1, -0.05) is 24.4 Å². The summed E-state index contributed by atoms with van der Waals surface area (Å²) in [5.41, 5.74) is 9.08. The third-order valence-corrected chi connectivity index (χ3v) is 1.59. The van der Waals surface area contributed by atoms with Gasteiger partial charge in [0.15, 0.2) is 0 Å². The van der Waals surface area contributed by atoms with E-state index in [2.05, 4.69) is 16.0 Å². The van der Waals surface area contributed by atoms with Crippen LogP contribution in [-0.4, -0.2) is 5.25 Å². The summed E-state index contributed by atoms with van der Waals surface area (Å²) in [4.78, 5) is 2.64. The topological polar surface area (TPSA) is 48.8 Å². The van der Waals surface area contributed by atoms with E-state index in [1.54, 1.807) is 0 Å². The van der Waals surface area contributed by atoms with Crippen LogP contribution in [0.5, 0.6) is 0 Å². The Morgan fingerprint density at radius 2 is 2.50 bits per heavy atom. The van der Waals surface area contributed by atoms with Crippen LogP contribution >= 0.6 is 11.9 Å². The molecule has 0 aromatic heterocycles. The van der Waals surface area contributed by atoms with Crippen LogP contribution in [-0.2, 0) is 0 Å². The van der Waals surface area contributed by atoms with Gasteiger partial charge >= 0.3 is 0 Å². The second kappa shape index (κ2) is 5.21. The molecule has 0 aromatic rings. The first-order valence-electron chi connectivity index (χ1n) is 3.01. The summed E-state index contributed by atoms with van der Waals surface area (Å²) < 4.78 is 3.38. The van der Waals surface area contributed by atoms with Gasteiger partial charge < -0.3 is 0 Å². The molecule has 0 rings (SSSR count). The van der Waals surface area contributed by atoms with Gasteiger partial charge in [-0.2, -0.15) is 0 Å². The number of hydrogen-bond donors (Lipinski definition) is 0. The predicted molar refractivity (Wildman–Crippen MR) is 45.6 cm³/mol. The Labute approximate surface area is 65.3 Å². The molecule has 0 N–H and O–H groups in total. The molecule has 0 saturated carbocycles. The Hall–Kier alpha value is -0.600. The minimum Gasteiger partial charge on any atom is -0.100 e. The van der Waals surface area contributed by atoms with Crippen LogP contribution in [0.4, 0.5) is 0 Å². The van der Waals surface area contributed by atoms with Crippen LogP contribution in [0.3, 0.4) is 0 Å². The molecule has 0 radical (unpaired) electrons. The lowest BCUT2D eigenvalue weighted by molar-refractivity contribution is 0.930. The highest BCUT2D eigenvalue weighted by Gasteiger charge is 1.99. The highest BCUT2D eigenvalue weighted by atomic mass is 32.2. The van der Waals surface area contributed by atoms with Crippen LogP contribution in [0, 0.1) is 0 Å². The van der Waals surface area contributed by atoms with Crippen molar-refractivity contribution in [3.05, 3.63) is 22.6 Å². The Kier molecular flexibility index (Phi) is 4.89. The van der Waals surface area contributed by atoms with Crippen molar-refractivity contribution < 1.29 is 0 Å². The maximum absolute atomic E-state index is 7.96. The van der Waals surface area contributed by atoms with Gasteiger partial charge in [0, 0.05) is 10.2 Å². The van der Waals surface area contributed by atoms with Crippen molar-refractivity contribution in [3.63, 3.8) is 0 Å². The summed E-state index contributed by atoms with van der Waals surface area (Å²) in [6, 6.07) is 0. The largest absolute Gasteiger partial charge is 0.100 e. The van der Waals surface area contributed by atoms with Crippen LogP contribution in [0.15, 0.2) is 16.7 Å². The summed E-state index contributed by atoms with van der Waals surface area (Å²) in [5.74, 6) is 0. The third-order valence-electron chi connectivity index (χ3n) is 0.900. The van der Waals surface area contributed by atoms with Crippen LogP contribution in [0.2, 0.25) is 0 Å². The van der Waals surface area contributed by atoms with Crippen molar-refractivity contribution in [1.82, 2.24) is 0 Å². The van der Waals surface area contributed by atoms with Crippen molar-refractivity contribution >= 4 is 11.9 Å². The number of hydrogen-bond acceptors (Lipinski definition) is 2. The van der Waals surface area contributed by atoms with Crippen LogP contribution in [0.1, 0.15) is 20.3 Å². The van der Waals surface area contributed by atoms with E-state index >= 15 is 0 Å². The molecule has 0 heterocycles. The average molecular weight is 157 g/mol. The summed E-state index contributed by atoms with van der Waals surface area (Å²) in [6.45, 7) is 7.73. The zero-order chi connectivity index (χ0) is 7.98. The minimum absolute atomic E-state index is 0.341.